The molecule has 0 spiro atoms. The molecule has 4 heterocycles. The molecule has 4 aromatic heterocycles. The Kier molecular flexibility index (Phi) is 28.0. The van der Waals surface area contributed by atoms with E-state index in [4.69, 9.17) is 51.5 Å². The molecule has 24 heteroatoms. The molecule has 4 fully saturated rings. The van der Waals surface area contributed by atoms with Crippen LogP contribution < -0.4 is 21.3 Å². The summed E-state index contributed by atoms with van der Waals surface area (Å²) < 4.78 is 69.2. The topological polar surface area (TPSA) is 240 Å². The van der Waals surface area contributed by atoms with Crippen molar-refractivity contribution < 1.29 is 46.2 Å². The van der Waals surface area contributed by atoms with Gasteiger partial charge in [-0.3, -0.25) is 19.2 Å². The number of carbonyl (C=O) groups excluding carboxylic acids is 4. The van der Waals surface area contributed by atoms with Crippen molar-refractivity contribution in [3.8, 4) is 50.8 Å². The fourth-order valence-electron chi connectivity index (χ4n) is 19.4. The van der Waals surface area contributed by atoms with E-state index in [9.17, 15) is 46.2 Å². The molecule has 0 unspecified atom stereocenters. The predicted octanol–water partition coefficient (Wildman–Crippen LogP) is 23.7. The summed E-state index contributed by atoms with van der Waals surface area (Å²) in [7, 11) is 0. The number of nitrogens with one attached hydrogen (secondary N) is 4. The van der Waals surface area contributed by atoms with Gasteiger partial charge in [0, 0.05) is 55.4 Å². The number of anilines is 4. The first-order valence-corrected chi connectivity index (χ1v) is 46.4. The molecule has 128 heavy (non-hydrogen) atoms. The van der Waals surface area contributed by atoms with E-state index in [0.717, 1.165) is 255 Å². The number of carbonyl (C=O) groups is 4. The highest BCUT2D eigenvalue weighted by molar-refractivity contribution is 9.10. The molecular weight excluding hydrogens is 1710 g/mol. The highest BCUT2D eigenvalue weighted by Gasteiger charge is 2.34. The SMILES string of the molecule is O=C(Cc1ccc(Br)cc1)Nc1nc2c(nc1C1CCCCC1)-c1ccc(F)cc1CC2.O=C(Cc1ccc(Cl)cc1)Nc1nc2c(nc1C1CCCCC1)-c1ccc(F)cc1CC2.O=C(Cc1ccc(F)cc1)Nc1nc2c(nc1C1CCCCC1)-c1ccc(F)cc1CC2.O=C(Cc1ccc(O)cc1)Nc1nc2c(nc1C1CCCCC1)-c1ccc(F)cc1CC2. The van der Waals surface area contributed by atoms with Crippen molar-refractivity contribution in [3.05, 3.63) is 298 Å². The maximum absolute atomic E-state index is 13.8. The molecule has 656 valence electrons. The van der Waals surface area contributed by atoms with Crippen LogP contribution in [0.5, 0.6) is 5.75 Å². The lowest BCUT2D eigenvalue weighted by Crippen LogP contribution is -2.21. The van der Waals surface area contributed by atoms with Crippen LogP contribution in [0.4, 0.5) is 45.2 Å². The van der Waals surface area contributed by atoms with Crippen LogP contribution in [0.25, 0.3) is 45.0 Å². The van der Waals surface area contributed by atoms with Gasteiger partial charge >= 0.3 is 0 Å². The van der Waals surface area contributed by atoms with Crippen LogP contribution in [-0.2, 0) is 96.2 Å². The van der Waals surface area contributed by atoms with E-state index in [0.29, 0.717) is 66.8 Å². The largest absolute Gasteiger partial charge is 0.508 e. The fourth-order valence-corrected chi connectivity index (χ4v) is 19.8. The molecule has 12 aromatic rings. The summed E-state index contributed by atoms with van der Waals surface area (Å²) in [6.07, 6.45) is 28.8. The molecule has 4 amide bonds. The van der Waals surface area contributed by atoms with Gasteiger partial charge in [-0.05, 0) is 269 Å². The Hall–Kier alpha value is -11.8. The van der Waals surface area contributed by atoms with E-state index in [1.165, 1.54) is 62.1 Å². The van der Waals surface area contributed by atoms with E-state index in [1.807, 2.05) is 42.5 Å². The average Bonchev–Trinajstić information content (AvgIpc) is 0.778. The molecule has 0 radical (unpaired) electrons. The summed E-state index contributed by atoms with van der Waals surface area (Å²) in [6.45, 7) is 0. The van der Waals surface area contributed by atoms with Crippen LogP contribution in [0.2, 0.25) is 5.02 Å². The van der Waals surface area contributed by atoms with Gasteiger partial charge in [0.2, 0.25) is 23.6 Å². The minimum absolute atomic E-state index is 0.0862. The van der Waals surface area contributed by atoms with Crippen LogP contribution in [0, 0.1) is 29.1 Å². The number of fused-ring (bicyclic) bond motifs is 12. The number of hydrogen-bond acceptors (Lipinski definition) is 13. The zero-order valence-electron chi connectivity index (χ0n) is 71.4. The first kappa shape index (κ1) is 88.2. The quantitative estimate of drug-likeness (QED) is 0.0566. The number of aromatic nitrogens is 8. The number of halogens is 7. The second kappa shape index (κ2) is 40.7. The van der Waals surface area contributed by atoms with Gasteiger partial charge in [0.05, 0.1) is 94.0 Å². The lowest BCUT2D eigenvalue weighted by Gasteiger charge is -2.26. The van der Waals surface area contributed by atoms with Crippen molar-refractivity contribution in [3.63, 3.8) is 0 Å². The number of aryl methyl sites for hydroxylation is 8. The standard InChI is InChI=1S/C26H25BrFN3O.C26H25ClFN3O.C26H25F2N3O.C26H26FN3O2/c3*27-19-9-6-16(7-10-19)14-23(32)30-26-24(17-4-2-1-3-5-17)31-25-21-12-11-20(28)15-18(21)8-13-22(25)29-26;27-19-9-12-21-18(15-19)8-13-22-25(21)30-24(17-4-2-1-3-5-17)26(28-22)29-23(32)14-16-6-10-20(31)11-7-16/h3*6-7,9-12,15,17H,1-5,8,13-14H2,(H,29,30,32);6-7,9-12,15,17,31H,1-5,8,13-14H2,(H,28,29,32). The number of nitrogens with zero attached hydrogens (tertiary/aromatic N) is 8. The van der Waals surface area contributed by atoms with Gasteiger partial charge in [0.1, 0.15) is 34.8 Å². The van der Waals surface area contributed by atoms with Crippen molar-refractivity contribution in [2.45, 2.75) is 229 Å². The fraction of sp³-hybridized carbons (Fsp3) is 0.346. The van der Waals surface area contributed by atoms with Gasteiger partial charge < -0.3 is 26.4 Å². The minimum Gasteiger partial charge on any atom is -0.508 e. The van der Waals surface area contributed by atoms with E-state index in [2.05, 4.69) is 37.2 Å². The zero-order valence-corrected chi connectivity index (χ0v) is 73.7. The van der Waals surface area contributed by atoms with Crippen molar-refractivity contribution in [1.29, 1.82) is 0 Å². The lowest BCUT2D eigenvalue weighted by atomic mass is 9.85. The highest BCUT2D eigenvalue weighted by atomic mass is 79.9. The number of benzene rings is 8. The number of hydrogen-bond donors (Lipinski definition) is 5. The maximum atomic E-state index is 13.8. The van der Waals surface area contributed by atoms with Crippen LogP contribution in [-0.4, -0.2) is 68.6 Å². The third-order valence-corrected chi connectivity index (χ3v) is 26.7. The summed E-state index contributed by atoms with van der Waals surface area (Å²) in [5, 5.41) is 22.2. The van der Waals surface area contributed by atoms with Gasteiger partial charge in [-0.15, -0.1) is 0 Å². The van der Waals surface area contributed by atoms with Crippen molar-refractivity contribution >= 4 is 74.4 Å². The van der Waals surface area contributed by atoms with Crippen LogP contribution in [0.15, 0.2) is 174 Å². The number of phenolic OH excluding ortho intramolecular Hbond substituents is 1. The Morgan fingerprint density at radius 1 is 0.305 bits per heavy atom. The molecule has 8 aliphatic carbocycles. The summed E-state index contributed by atoms with van der Waals surface area (Å²) in [5.74, 6) is 1.74. The van der Waals surface area contributed by atoms with E-state index >= 15 is 0 Å². The smallest absolute Gasteiger partial charge is 0.229 e. The summed E-state index contributed by atoms with van der Waals surface area (Å²) in [4.78, 5) is 91.1. The third kappa shape index (κ3) is 21.6. The second-order valence-electron chi connectivity index (χ2n) is 35.0. The zero-order chi connectivity index (χ0) is 88.3. The molecule has 8 aliphatic rings. The molecule has 20 rings (SSSR count). The number of aromatic hydroxyl groups is 1. The first-order valence-electron chi connectivity index (χ1n) is 45.3. The minimum atomic E-state index is -0.325. The summed E-state index contributed by atoms with van der Waals surface area (Å²) in [6, 6.07) is 47.1. The van der Waals surface area contributed by atoms with Crippen LogP contribution >= 0.6 is 27.5 Å². The van der Waals surface area contributed by atoms with Crippen molar-refractivity contribution in [2.24, 2.45) is 0 Å². The van der Waals surface area contributed by atoms with E-state index in [-0.39, 0.29) is 108 Å². The highest BCUT2D eigenvalue weighted by Crippen LogP contribution is 2.46. The predicted molar refractivity (Wildman–Crippen MR) is 492 cm³/mol. The Morgan fingerprint density at radius 3 is 0.805 bits per heavy atom. The van der Waals surface area contributed by atoms with Gasteiger partial charge in [-0.1, -0.05) is 153 Å². The summed E-state index contributed by atoms with van der Waals surface area (Å²) in [5.41, 5.74) is 21.2. The second-order valence-corrected chi connectivity index (χ2v) is 36.4. The van der Waals surface area contributed by atoms with Gasteiger partial charge in [0.25, 0.3) is 0 Å². The molecule has 0 atom stereocenters. The molecule has 17 nitrogen and oxygen atoms in total. The van der Waals surface area contributed by atoms with E-state index in [1.54, 1.807) is 91.0 Å². The van der Waals surface area contributed by atoms with Gasteiger partial charge in [0.15, 0.2) is 23.3 Å². The Labute approximate surface area is 755 Å². The number of amides is 4. The molecule has 0 saturated heterocycles. The van der Waals surface area contributed by atoms with Gasteiger partial charge in [-0.2, -0.15) is 0 Å². The van der Waals surface area contributed by atoms with Crippen LogP contribution in [0.1, 0.15) is 242 Å². The lowest BCUT2D eigenvalue weighted by molar-refractivity contribution is -0.116. The van der Waals surface area contributed by atoms with Gasteiger partial charge in [-0.25, -0.2) is 61.8 Å². The number of phenols is 1. The first-order chi connectivity index (χ1) is 62.3. The molecule has 5 N–H and O–H groups in total. The van der Waals surface area contributed by atoms with Crippen molar-refractivity contribution in [2.75, 3.05) is 21.3 Å². The normalized spacial score (nSPS) is 15.7. The molecule has 0 bridgehead atoms. The van der Waals surface area contributed by atoms with Crippen LogP contribution in [0.3, 0.4) is 0 Å². The third-order valence-electron chi connectivity index (χ3n) is 25.9. The molecular formula is C104H101BrClF5N12O5. The Morgan fingerprint density at radius 2 is 0.539 bits per heavy atom. The average molecular weight is 1810 g/mol. The summed E-state index contributed by atoms with van der Waals surface area (Å²) >= 11 is 9.39. The van der Waals surface area contributed by atoms with E-state index < -0.39 is 0 Å². The molecule has 4 saturated carbocycles. The molecule has 8 aromatic carbocycles. The Bertz CT molecular complexity index is 5360. The molecule has 0 aliphatic heterocycles. The monoisotopic (exact) mass is 1810 g/mol. The Balaban J connectivity index is 0.000000120. The van der Waals surface area contributed by atoms with Crippen molar-refractivity contribution in [1.82, 2.24) is 39.9 Å². The number of rotatable bonds is 16. The maximum Gasteiger partial charge on any atom is 0.229 e.